The van der Waals surface area contributed by atoms with Gasteiger partial charge in [-0.3, -0.25) is 9.59 Å². The number of hydrogen-bond donors (Lipinski definition) is 3. The van der Waals surface area contributed by atoms with Gasteiger partial charge in [-0.25, -0.2) is 0 Å². The van der Waals surface area contributed by atoms with E-state index in [0.29, 0.717) is 6.42 Å². The van der Waals surface area contributed by atoms with Crippen LogP contribution in [0, 0.1) is 0 Å². The maximum absolute atomic E-state index is 13.6. The van der Waals surface area contributed by atoms with Gasteiger partial charge in [-0.15, -0.1) is 0 Å². The third-order valence-corrected chi connectivity index (χ3v) is 2.97. The van der Waals surface area contributed by atoms with E-state index in [1.54, 1.807) is 20.8 Å². The number of rotatable bonds is 4. The molecule has 0 aromatic rings. The molecule has 3 N–H and O–H groups in total. The smallest absolute Gasteiger partial charge is 0.352 e. The lowest BCUT2D eigenvalue weighted by atomic mass is 9.75. The maximum Gasteiger partial charge on any atom is 0.352 e. The number of hydrogen-bond acceptors (Lipinski definition) is 3. The molecule has 0 bridgehead atoms. The van der Waals surface area contributed by atoms with Gasteiger partial charge in [-0.1, -0.05) is 0 Å². The van der Waals surface area contributed by atoms with E-state index in [1.165, 1.54) is 0 Å². The minimum Gasteiger partial charge on any atom is -0.383 e. The number of aliphatic hydroxyl groups is 1. The van der Waals surface area contributed by atoms with Crippen molar-refractivity contribution in [1.29, 1.82) is 0 Å². The van der Waals surface area contributed by atoms with Crippen molar-refractivity contribution >= 4 is 11.8 Å². The van der Waals surface area contributed by atoms with Crippen LogP contribution in [0.4, 0.5) is 8.78 Å². The van der Waals surface area contributed by atoms with Crippen molar-refractivity contribution in [2.45, 2.75) is 57.1 Å². The highest BCUT2D eigenvalue weighted by Crippen LogP contribution is 2.44. The summed E-state index contributed by atoms with van der Waals surface area (Å²) in [5.41, 5.74) is -2.77. The molecule has 7 heteroatoms. The van der Waals surface area contributed by atoms with Crippen LogP contribution in [0.1, 0.15) is 40.0 Å². The molecule has 0 atom stereocenters. The van der Waals surface area contributed by atoms with Gasteiger partial charge < -0.3 is 15.7 Å². The van der Waals surface area contributed by atoms with Gasteiger partial charge in [0.2, 0.25) is 5.91 Å². The fourth-order valence-electron chi connectivity index (χ4n) is 1.77. The quantitative estimate of drug-likeness (QED) is 0.703. The molecule has 0 saturated heterocycles. The van der Waals surface area contributed by atoms with Gasteiger partial charge in [0, 0.05) is 5.54 Å². The Balaban J connectivity index is 2.49. The zero-order valence-electron chi connectivity index (χ0n) is 11.3. The van der Waals surface area contributed by atoms with Gasteiger partial charge in [0.25, 0.3) is 5.91 Å². The van der Waals surface area contributed by atoms with Crippen molar-refractivity contribution in [2.75, 3.05) is 6.54 Å². The monoisotopic (exact) mass is 278 g/mol. The Morgan fingerprint density at radius 2 is 1.79 bits per heavy atom. The molecular weight excluding hydrogens is 258 g/mol. The highest BCUT2D eigenvalue weighted by molar-refractivity contribution is 5.89. The van der Waals surface area contributed by atoms with Crippen molar-refractivity contribution in [3.63, 3.8) is 0 Å². The second kappa shape index (κ2) is 5.03. The van der Waals surface area contributed by atoms with Crippen molar-refractivity contribution in [1.82, 2.24) is 10.6 Å². The van der Waals surface area contributed by atoms with E-state index in [1.807, 2.05) is 5.32 Å². The highest BCUT2D eigenvalue weighted by atomic mass is 19.3. The fourth-order valence-corrected chi connectivity index (χ4v) is 1.77. The Hall–Kier alpha value is -1.24. The van der Waals surface area contributed by atoms with Crippen molar-refractivity contribution in [3.8, 4) is 0 Å². The van der Waals surface area contributed by atoms with E-state index < -0.39 is 35.4 Å². The molecular formula is C12H20F2N2O3. The highest BCUT2D eigenvalue weighted by Gasteiger charge is 2.61. The van der Waals surface area contributed by atoms with Gasteiger partial charge in [0.15, 0.2) is 0 Å². The third-order valence-electron chi connectivity index (χ3n) is 2.97. The molecule has 1 fully saturated rings. The summed E-state index contributed by atoms with van der Waals surface area (Å²) < 4.78 is 27.3. The zero-order valence-corrected chi connectivity index (χ0v) is 11.3. The number of halogens is 2. The molecule has 1 aliphatic rings. The molecule has 0 aromatic carbocycles. The molecule has 5 nitrogen and oxygen atoms in total. The molecule has 0 aliphatic heterocycles. The number of alkyl halides is 2. The number of carbonyl (C=O) groups is 2. The van der Waals surface area contributed by atoms with Crippen LogP contribution in [-0.2, 0) is 9.59 Å². The predicted octanol–water partition coefficient (Wildman–Crippen LogP) is 0.568. The Kier molecular flexibility index (Phi) is 4.19. The minimum absolute atomic E-state index is 0.110. The second-order valence-corrected chi connectivity index (χ2v) is 5.94. The molecule has 0 radical (unpaired) electrons. The Morgan fingerprint density at radius 3 is 2.16 bits per heavy atom. The van der Waals surface area contributed by atoms with Crippen LogP contribution in [0.2, 0.25) is 0 Å². The summed E-state index contributed by atoms with van der Waals surface area (Å²) in [6.45, 7) is 4.66. The summed E-state index contributed by atoms with van der Waals surface area (Å²) in [6, 6.07) is 0. The Labute approximate surface area is 110 Å². The van der Waals surface area contributed by atoms with Gasteiger partial charge in [0.1, 0.15) is 5.60 Å². The minimum atomic E-state index is -3.87. The molecule has 0 spiro atoms. The van der Waals surface area contributed by atoms with E-state index >= 15 is 0 Å². The van der Waals surface area contributed by atoms with E-state index in [2.05, 4.69) is 5.32 Å². The van der Waals surface area contributed by atoms with Crippen molar-refractivity contribution in [2.24, 2.45) is 0 Å². The van der Waals surface area contributed by atoms with E-state index in [0.717, 1.165) is 0 Å². The van der Waals surface area contributed by atoms with Crippen LogP contribution >= 0.6 is 0 Å². The summed E-state index contributed by atoms with van der Waals surface area (Å²) in [5.74, 6) is -6.04. The van der Waals surface area contributed by atoms with Gasteiger partial charge in [-0.2, -0.15) is 8.78 Å². The Bertz CT molecular complexity index is 374. The largest absolute Gasteiger partial charge is 0.383 e. The summed E-state index contributed by atoms with van der Waals surface area (Å²) in [5, 5.41) is 13.9. The van der Waals surface area contributed by atoms with Crippen LogP contribution < -0.4 is 10.6 Å². The summed E-state index contributed by atoms with van der Waals surface area (Å²) in [6.07, 6.45) is 0.243. The SMILES string of the molecule is CC(C)(C)NC(=O)CNC(=O)C(F)(F)C1(O)CCC1. The summed E-state index contributed by atoms with van der Waals surface area (Å²) in [4.78, 5) is 22.8. The topological polar surface area (TPSA) is 78.4 Å². The number of carbonyl (C=O) groups excluding carboxylic acids is 2. The maximum atomic E-state index is 13.6. The standard InChI is InChI=1S/C12H20F2N2O3/c1-10(2,3)16-8(17)7-15-9(18)12(13,14)11(19)5-4-6-11/h19H,4-7H2,1-3H3,(H,15,18)(H,16,17). The molecule has 1 rings (SSSR count). The molecule has 1 saturated carbocycles. The third kappa shape index (κ3) is 3.62. The normalized spacial score (nSPS) is 18.4. The molecule has 110 valence electrons. The van der Waals surface area contributed by atoms with Gasteiger partial charge >= 0.3 is 5.92 Å². The summed E-state index contributed by atoms with van der Waals surface area (Å²) >= 11 is 0. The fraction of sp³-hybridized carbons (Fsp3) is 0.833. The average Bonchev–Trinajstić information content (AvgIpc) is 2.19. The zero-order chi connectivity index (χ0) is 14.9. The first-order chi connectivity index (χ1) is 8.48. The van der Waals surface area contributed by atoms with Crippen LogP contribution in [0.15, 0.2) is 0 Å². The van der Waals surface area contributed by atoms with E-state index in [9.17, 15) is 23.5 Å². The van der Waals surface area contributed by atoms with Gasteiger partial charge in [-0.05, 0) is 40.0 Å². The van der Waals surface area contributed by atoms with Crippen molar-refractivity contribution < 1.29 is 23.5 Å². The lowest BCUT2D eigenvalue weighted by Crippen LogP contribution is -2.61. The predicted molar refractivity (Wildman–Crippen MR) is 64.7 cm³/mol. The first kappa shape index (κ1) is 15.8. The lowest BCUT2D eigenvalue weighted by molar-refractivity contribution is -0.215. The molecule has 2 amide bonds. The molecule has 0 unspecified atom stereocenters. The molecule has 0 heterocycles. The van der Waals surface area contributed by atoms with Crippen molar-refractivity contribution in [3.05, 3.63) is 0 Å². The van der Waals surface area contributed by atoms with Crippen LogP contribution in [0.5, 0.6) is 0 Å². The Morgan fingerprint density at radius 1 is 1.26 bits per heavy atom. The van der Waals surface area contributed by atoms with E-state index in [4.69, 9.17) is 0 Å². The second-order valence-electron chi connectivity index (χ2n) is 5.94. The first-order valence-corrected chi connectivity index (χ1v) is 6.17. The first-order valence-electron chi connectivity index (χ1n) is 6.17. The summed E-state index contributed by atoms with van der Waals surface area (Å²) in [7, 11) is 0. The van der Waals surface area contributed by atoms with Crippen LogP contribution in [0.25, 0.3) is 0 Å². The molecule has 1 aliphatic carbocycles. The lowest BCUT2D eigenvalue weighted by Gasteiger charge is -2.41. The van der Waals surface area contributed by atoms with Crippen LogP contribution in [-0.4, -0.2) is 40.5 Å². The number of amides is 2. The average molecular weight is 278 g/mol. The molecule has 0 aromatic heterocycles. The van der Waals surface area contributed by atoms with E-state index in [-0.39, 0.29) is 12.8 Å². The molecule has 19 heavy (non-hydrogen) atoms. The number of nitrogens with one attached hydrogen (secondary N) is 2. The van der Waals surface area contributed by atoms with Gasteiger partial charge in [0.05, 0.1) is 6.54 Å². The van der Waals surface area contributed by atoms with Crippen LogP contribution in [0.3, 0.4) is 0 Å².